The number of aliphatic imine (C=N–C) groups is 1. The van der Waals surface area contributed by atoms with Gasteiger partial charge < -0.3 is 19.5 Å². The maximum Gasteiger partial charge on any atom is 0.225 e. The van der Waals surface area contributed by atoms with E-state index in [1.807, 2.05) is 19.9 Å². The van der Waals surface area contributed by atoms with Crippen molar-refractivity contribution in [2.45, 2.75) is 27.3 Å². The Morgan fingerprint density at radius 2 is 1.92 bits per heavy atom. The Labute approximate surface area is 148 Å². The van der Waals surface area contributed by atoms with E-state index in [1.165, 1.54) is 0 Å². The van der Waals surface area contributed by atoms with E-state index < -0.39 is 0 Å². The van der Waals surface area contributed by atoms with Crippen LogP contribution in [0.4, 0.5) is 5.95 Å². The molecule has 8 heteroatoms. The molecule has 0 saturated carbocycles. The van der Waals surface area contributed by atoms with Gasteiger partial charge in [-0.05, 0) is 26.8 Å². The highest BCUT2D eigenvalue weighted by Crippen LogP contribution is 2.11. The van der Waals surface area contributed by atoms with E-state index in [4.69, 9.17) is 4.42 Å². The zero-order chi connectivity index (χ0) is 17.6. The molecule has 1 N–H and O–H groups in total. The number of anilines is 1. The lowest BCUT2D eigenvalue weighted by Crippen LogP contribution is -2.53. The van der Waals surface area contributed by atoms with Crippen molar-refractivity contribution in [1.82, 2.24) is 25.2 Å². The van der Waals surface area contributed by atoms with Crippen molar-refractivity contribution in [2.24, 2.45) is 4.99 Å². The van der Waals surface area contributed by atoms with Crippen LogP contribution < -0.4 is 10.2 Å². The van der Waals surface area contributed by atoms with Gasteiger partial charge in [0, 0.05) is 45.1 Å². The number of oxazole rings is 1. The zero-order valence-electron chi connectivity index (χ0n) is 15.1. The first-order valence-corrected chi connectivity index (χ1v) is 8.65. The van der Waals surface area contributed by atoms with Gasteiger partial charge in [-0.15, -0.1) is 0 Å². The predicted molar refractivity (Wildman–Crippen MR) is 96.6 cm³/mol. The van der Waals surface area contributed by atoms with E-state index in [9.17, 15) is 0 Å². The maximum atomic E-state index is 5.62. The molecule has 0 aliphatic carbocycles. The van der Waals surface area contributed by atoms with Crippen LogP contribution in [0, 0.1) is 13.8 Å². The first kappa shape index (κ1) is 17.2. The lowest BCUT2D eigenvalue weighted by molar-refractivity contribution is 0.368. The molecule has 0 amide bonds. The molecule has 0 atom stereocenters. The smallest absolute Gasteiger partial charge is 0.225 e. The monoisotopic (exact) mass is 343 g/mol. The summed E-state index contributed by atoms with van der Waals surface area (Å²) < 4.78 is 5.62. The summed E-state index contributed by atoms with van der Waals surface area (Å²) >= 11 is 0. The Hall–Kier alpha value is -2.64. The van der Waals surface area contributed by atoms with Gasteiger partial charge in [0.25, 0.3) is 0 Å². The summed E-state index contributed by atoms with van der Waals surface area (Å²) in [6.45, 7) is 10.7. The number of guanidine groups is 1. The second-order valence-corrected chi connectivity index (χ2v) is 5.94. The van der Waals surface area contributed by atoms with Gasteiger partial charge in [-0.3, -0.25) is 0 Å². The van der Waals surface area contributed by atoms with E-state index in [2.05, 4.69) is 42.0 Å². The SMILES string of the molecule is CCNC(=NCc1nc(C)c(C)o1)N1CCN(c2ncccn2)CC1. The Morgan fingerprint density at radius 3 is 2.52 bits per heavy atom. The summed E-state index contributed by atoms with van der Waals surface area (Å²) in [7, 11) is 0. The van der Waals surface area contributed by atoms with Crippen LogP contribution in [0.5, 0.6) is 0 Å². The molecular formula is C17H25N7O. The fraction of sp³-hybridized carbons (Fsp3) is 0.529. The van der Waals surface area contributed by atoms with Crippen molar-refractivity contribution in [1.29, 1.82) is 0 Å². The summed E-state index contributed by atoms with van der Waals surface area (Å²) in [5.74, 6) is 3.19. The van der Waals surface area contributed by atoms with Crippen LogP contribution in [-0.4, -0.2) is 58.5 Å². The van der Waals surface area contributed by atoms with Crippen LogP contribution in [0.1, 0.15) is 24.3 Å². The molecule has 134 valence electrons. The minimum atomic E-state index is 0.443. The van der Waals surface area contributed by atoms with Crippen LogP contribution in [0.2, 0.25) is 0 Å². The average Bonchev–Trinajstić information content (AvgIpc) is 2.97. The molecular weight excluding hydrogens is 318 g/mol. The van der Waals surface area contributed by atoms with Crippen LogP contribution >= 0.6 is 0 Å². The fourth-order valence-electron chi connectivity index (χ4n) is 2.75. The third-order valence-electron chi connectivity index (χ3n) is 4.19. The first-order chi connectivity index (χ1) is 12.2. The van der Waals surface area contributed by atoms with Crippen molar-refractivity contribution in [3.63, 3.8) is 0 Å². The molecule has 0 bridgehead atoms. The average molecular weight is 343 g/mol. The molecule has 2 aromatic rings. The highest BCUT2D eigenvalue weighted by molar-refractivity contribution is 5.80. The van der Waals surface area contributed by atoms with Crippen molar-refractivity contribution >= 4 is 11.9 Å². The number of nitrogens with zero attached hydrogens (tertiary/aromatic N) is 6. The Bertz CT molecular complexity index is 686. The summed E-state index contributed by atoms with van der Waals surface area (Å²) in [5.41, 5.74) is 0.923. The minimum Gasteiger partial charge on any atom is -0.444 e. The Morgan fingerprint density at radius 1 is 1.20 bits per heavy atom. The number of piperazine rings is 1. The van der Waals surface area contributed by atoms with E-state index in [0.717, 1.165) is 56.1 Å². The number of rotatable bonds is 4. The van der Waals surface area contributed by atoms with E-state index >= 15 is 0 Å². The van der Waals surface area contributed by atoms with Gasteiger partial charge in [0.1, 0.15) is 12.3 Å². The number of aromatic nitrogens is 3. The van der Waals surface area contributed by atoms with Crippen LogP contribution in [0.25, 0.3) is 0 Å². The molecule has 1 aliphatic rings. The normalized spacial score (nSPS) is 15.6. The molecule has 2 aromatic heterocycles. The second kappa shape index (κ2) is 7.96. The lowest BCUT2D eigenvalue weighted by Gasteiger charge is -2.36. The number of nitrogens with one attached hydrogen (secondary N) is 1. The minimum absolute atomic E-state index is 0.443. The predicted octanol–water partition coefficient (Wildman–Crippen LogP) is 1.37. The zero-order valence-corrected chi connectivity index (χ0v) is 15.1. The highest BCUT2D eigenvalue weighted by atomic mass is 16.4. The standard InChI is InChI=1S/C17H25N7O/c1-4-18-16(21-12-15-22-13(2)14(3)25-15)23-8-10-24(11-9-23)17-19-6-5-7-20-17/h5-7H,4,8-12H2,1-3H3,(H,18,21). The Balaban J connectivity index is 1.62. The highest BCUT2D eigenvalue weighted by Gasteiger charge is 2.21. The Kier molecular flexibility index (Phi) is 5.47. The van der Waals surface area contributed by atoms with Gasteiger partial charge in [-0.25, -0.2) is 19.9 Å². The van der Waals surface area contributed by atoms with Crippen LogP contribution in [0.3, 0.4) is 0 Å². The van der Waals surface area contributed by atoms with Crippen molar-refractivity contribution in [3.05, 3.63) is 35.8 Å². The van der Waals surface area contributed by atoms with Gasteiger partial charge in [-0.1, -0.05) is 0 Å². The van der Waals surface area contributed by atoms with Crippen molar-refractivity contribution < 1.29 is 4.42 Å². The molecule has 1 saturated heterocycles. The molecule has 25 heavy (non-hydrogen) atoms. The summed E-state index contributed by atoms with van der Waals surface area (Å²) in [6.07, 6.45) is 3.56. The molecule has 0 unspecified atom stereocenters. The van der Waals surface area contributed by atoms with E-state index in [1.54, 1.807) is 12.4 Å². The van der Waals surface area contributed by atoms with Gasteiger partial charge in [0.2, 0.25) is 11.8 Å². The van der Waals surface area contributed by atoms with Gasteiger partial charge >= 0.3 is 0 Å². The maximum absolute atomic E-state index is 5.62. The molecule has 0 aromatic carbocycles. The lowest BCUT2D eigenvalue weighted by atomic mass is 10.3. The summed E-state index contributed by atoms with van der Waals surface area (Å²) in [6, 6.07) is 1.84. The topological polar surface area (TPSA) is 82.7 Å². The molecule has 3 rings (SSSR count). The quantitative estimate of drug-likeness (QED) is 0.663. The van der Waals surface area contributed by atoms with E-state index in [-0.39, 0.29) is 0 Å². The van der Waals surface area contributed by atoms with Gasteiger partial charge in [-0.2, -0.15) is 0 Å². The third-order valence-corrected chi connectivity index (χ3v) is 4.19. The van der Waals surface area contributed by atoms with Crippen molar-refractivity contribution in [2.75, 3.05) is 37.6 Å². The van der Waals surface area contributed by atoms with Gasteiger partial charge in [0.05, 0.1) is 5.69 Å². The van der Waals surface area contributed by atoms with Crippen LogP contribution in [0.15, 0.2) is 27.9 Å². The van der Waals surface area contributed by atoms with E-state index in [0.29, 0.717) is 12.4 Å². The number of hydrogen-bond donors (Lipinski definition) is 1. The number of aryl methyl sites for hydroxylation is 2. The largest absolute Gasteiger partial charge is 0.444 e. The second-order valence-electron chi connectivity index (χ2n) is 5.94. The fourth-order valence-corrected chi connectivity index (χ4v) is 2.75. The molecule has 0 spiro atoms. The first-order valence-electron chi connectivity index (χ1n) is 8.65. The van der Waals surface area contributed by atoms with Crippen LogP contribution in [-0.2, 0) is 6.54 Å². The van der Waals surface area contributed by atoms with Crippen molar-refractivity contribution in [3.8, 4) is 0 Å². The summed E-state index contributed by atoms with van der Waals surface area (Å²) in [4.78, 5) is 22.2. The third kappa shape index (κ3) is 4.26. The molecule has 1 fully saturated rings. The molecule has 1 aliphatic heterocycles. The van der Waals surface area contributed by atoms with Gasteiger partial charge in [0.15, 0.2) is 5.96 Å². The molecule has 0 radical (unpaired) electrons. The molecule has 3 heterocycles. The molecule has 8 nitrogen and oxygen atoms in total. The number of hydrogen-bond acceptors (Lipinski definition) is 6. The summed E-state index contributed by atoms with van der Waals surface area (Å²) in [5, 5.41) is 3.36.